The van der Waals surface area contributed by atoms with E-state index < -0.39 is 0 Å². The van der Waals surface area contributed by atoms with Gasteiger partial charge in [-0.2, -0.15) is 0 Å². The molecule has 2 aliphatic rings. The fraction of sp³-hybridized carbons (Fsp3) is 0.522. The minimum absolute atomic E-state index is 0. The third-order valence-electron chi connectivity index (χ3n) is 6.25. The van der Waals surface area contributed by atoms with Crippen LogP contribution in [0.15, 0.2) is 42.9 Å². The molecule has 1 aromatic heterocycles. The Morgan fingerprint density at radius 2 is 1.87 bits per heavy atom. The van der Waals surface area contributed by atoms with Gasteiger partial charge in [0.05, 0.1) is 12.7 Å². The molecule has 0 atom stereocenters. The maximum absolute atomic E-state index is 13.2. The van der Waals surface area contributed by atoms with E-state index in [0.717, 1.165) is 57.5 Å². The average molecular weight is 467 g/mol. The second-order valence-electron chi connectivity index (χ2n) is 8.23. The maximum atomic E-state index is 13.2. The molecular weight excluding hydrogens is 435 g/mol. The smallest absolute Gasteiger partial charge is 0.274 e. The first kappa shape index (κ1) is 25.4. The summed E-state index contributed by atoms with van der Waals surface area (Å²) in [7, 11) is 0. The van der Waals surface area contributed by atoms with Gasteiger partial charge in [-0.3, -0.25) is 9.78 Å². The summed E-state index contributed by atoms with van der Waals surface area (Å²) in [6, 6.07) is 8.28. The van der Waals surface area contributed by atoms with Gasteiger partial charge in [0.2, 0.25) is 0 Å². The lowest BCUT2D eigenvalue weighted by molar-refractivity contribution is 0.0526. The highest BCUT2D eigenvalue weighted by atomic mass is 35.5. The van der Waals surface area contributed by atoms with Crippen molar-refractivity contribution in [3.8, 4) is 5.75 Å². The summed E-state index contributed by atoms with van der Waals surface area (Å²) in [6.45, 7) is 3.84. The summed E-state index contributed by atoms with van der Waals surface area (Å²) >= 11 is 0. The van der Waals surface area contributed by atoms with Crippen LogP contribution in [0.1, 0.15) is 48.2 Å². The van der Waals surface area contributed by atoms with E-state index in [9.17, 15) is 4.79 Å². The van der Waals surface area contributed by atoms with E-state index in [1.165, 1.54) is 12.0 Å². The maximum Gasteiger partial charge on any atom is 0.274 e. The minimum atomic E-state index is -0.0510. The lowest BCUT2D eigenvalue weighted by Crippen LogP contribution is -2.48. The highest BCUT2D eigenvalue weighted by Gasteiger charge is 2.35. The molecule has 1 fully saturated rings. The Balaban J connectivity index is 0.00000171. The van der Waals surface area contributed by atoms with Crippen LogP contribution in [0.4, 0.5) is 0 Å². The Hall–Kier alpha value is -1.89. The standard InChI is InChI=1S/C23H30N4O2.2ClH/c28-22(20-17-25-13-14-26-20)27-15-16-29-21-7-2-1-5-19(21)6-3-4-8-23(18-27)9-11-24-12-10-23;;/h1-2,5,7,13-14,17,24H,3-4,6,8-12,15-16,18H2;2*1H. The molecule has 4 rings (SSSR count). The summed E-state index contributed by atoms with van der Waals surface area (Å²) in [5, 5.41) is 3.48. The van der Waals surface area contributed by atoms with Crippen molar-refractivity contribution in [1.82, 2.24) is 20.2 Å². The lowest BCUT2D eigenvalue weighted by atomic mass is 9.74. The molecule has 1 spiro atoms. The van der Waals surface area contributed by atoms with Crippen molar-refractivity contribution in [3.63, 3.8) is 0 Å². The number of nitrogens with zero attached hydrogens (tertiary/aromatic N) is 3. The van der Waals surface area contributed by atoms with Gasteiger partial charge in [0, 0.05) is 18.9 Å². The topological polar surface area (TPSA) is 67.4 Å². The first-order valence-electron chi connectivity index (χ1n) is 10.7. The number of ether oxygens (including phenoxy) is 1. The molecule has 0 saturated carbocycles. The van der Waals surface area contributed by atoms with Crippen molar-refractivity contribution in [1.29, 1.82) is 0 Å². The van der Waals surface area contributed by atoms with Gasteiger partial charge in [-0.1, -0.05) is 24.6 Å². The number of piperidine rings is 1. The summed E-state index contributed by atoms with van der Waals surface area (Å²) in [4.78, 5) is 23.5. The second-order valence-corrected chi connectivity index (χ2v) is 8.23. The van der Waals surface area contributed by atoms with Crippen molar-refractivity contribution in [2.45, 2.75) is 38.5 Å². The van der Waals surface area contributed by atoms with E-state index in [1.807, 2.05) is 17.0 Å². The molecule has 6 nitrogen and oxygen atoms in total. The van der Waals surface area contributed by atoms with Crippen molar-refractivity contribution < 1.29 is 9.53 Å². The van der Waals surface area contributed by atoms with E-state index in [0.29, 0.717) is 18.8 Å². The molecule has 0 aliphatic carbocycles. The number of aromatic nitrogens is 2. The van der Waals surface area contributed by atoms with Gasteiger partial charge in [0.25, 0.3) is 5.91 Å². The van der Waals surface area contributed by atoms with Crippen LogP contribution < -0.4 is 10.1 Å². The van der Waals surface area contributed by atoms with E-state index in [-0.39, 0.29) is 36.1 Å². The molecule has 3 heterocycles. The van der Waals surface area contributed by atoms with Crippen LogP contribution in [0.5, 0.6) is 5.75 Å². The molecule has 2 aromatic rings. The van der Waals surface area contributed by atoms with E-state index in [4.69, 9.17) is 4.74 Å². The molecule has 0 bridgehead atoms. The zero-order valence-corrected chi connectivity index (χ0v) is 19.4. The molecule has 1 saturated heterocycles. The number of nitrogens with one attached hydrogen (secondary N) is 1. The molecule has 31 heavy (non-hydrogen) atoms. The third-order valence-corrected chi connectivity index (χ3v) is 6.25. The Morgan fingerprint density at radius 1 is 1.06 bits per heavy atom. The van der Waals surface area contributed by atoms with Crippen LogP contribution in [0.25, 0.3) is 0 Å². The summed E-state index contributed by atoms with van der Waals surface area (Å²) in [5.41, 5.74) is 1.84. The van der Waals surface area contributed by atoms with Gasteiger partial charge in [0.1, 0.15) is 18.1 Å². The van der Waals surface area contributed by atoms with E-state index in [1.54, 1.807) is 18.6 Å². The van der Waals surface area contributed by atoms with Crippen molar-refractivity contribution in [2.75, 3.05) is 32.8 Å². The number of aryl methyl sites for hydroxylation is 1. The Kier molecular flexibility index (Phi) is 10.0. The van der Waals surface area contributed by atoms with Gasteiger partial charge in [0.15, 0.2) is 0 Å². The number of hydrogen-bond acceptors (Lipinski definition) is 5. The van der Waals surface area contributed by atoms with Crippen molar-refractivity contribution in [3.05, 3.63) is 54.1 Å². The monoisotopic (exact) mass is 466 g/mol. The van der Waals surface area contributed by atoms with Crippen LogP contribution >= 0.6 is 24.8 Å². The number of benzene rings is 1. The number of fused-ring (bicyclic) bond motifs is 1. The van der Waals surface area contributed by atoms with Gasteiger partial charge in [-0.05, 0) is 62.2 Å². The largest absolute Gasteiger partial charge is 0.491 e. The average Bonchev–Trinajstić information content (AvgIpc) is 2.77. The third kappa shape index (κ3) is 6.55. The van der Waals surface area contributed by atoms with E-state index >= 15 is 0 Å². The van der Waals surface area contributed by atoms with Crippen molar-refractivity contribution >= 4 is 30.7 Å². The summed E-state index contributed by atoms with van der Waals surface area (Å²) in [6.07, 6.45) is 11.5. The second kappa shape index (κ2) is 12.2. The van der Waals surface area contributed by atoms with Crippen LogP contribution in [0, 0.1) is 5.41 Å². The van der Waals surface area contributed by atoms with Crippen LogP contribution in [0.2, 0.25) is 0 Å². The molecule has 1 N–H and O–H groups in total. The zero-order valence-electron chi connectivity index (χ0n) is 17.8. The van der Waals surface area contributed by atoms with Crippen LogP contribution in [-0.2, 0) is 6.42 Å². The van der Waals surface area contributed by atoms with Gasteiger partial charge >= 0.3 is 0 Å². The summed E-state index contributed by atoms with van der Waals surface area (Å²) < 4.78 is 6.11. The number of halogens is 2. The normalized spacial score (nSPS) is 18.8. The fourth-order valence-corrected chi connectivity index (χ4v) is 4.61. The number of carbonyl (C=O) groups excluding carboxylic acids is 1. The molecule has 2 aliphatic heterocycles. The SMILES string of the molecule is Cl.Cl.O=C(c1cnccn1)N1CCOc2ccccc2CCCCC2(CCNCC2)C1. The highest BCUT2D eigenvalue weighted by molar-refractivity contribution is 5.92. The van der Waals surface area contributed by atoms with Crippen LogP contribution in [0.3, 0.4) is 0 Å². The highest BCUT2D eigenvalue weighted by Crippen LogP contribution is 2.36. The number of para-hydroxylation sites is 1. The molecular formula is C23H32Cl2N4O2. The Morgan fingerprint density at radius 3 is 2.65 bits per heavy atom. The molecule has 0 unspecified atom stereocenters. The quantitative estimate of drug-likeness (QED) is 0.689. The predicted molar refractivity (Wildman–Crippen MR) is 126 cm³/mol. The zero-order chi connectivity index (χ0) is 19.9. The summed E-state index contributed by atoms with van der Waals surface area (Å²) in [5.74, 6) is 0.890. The number of amides is 1. The minimum Gasteiger partial charge on any atom is -0.491 e. The van der Waals surface area contributed by atoms with Crippen LogP contribution in [-0.4, -0.2) is 53.6 Å². The first-order chi connectivity index (χ1) is 14.3. The lowest BCUT2D eigenvalue weighted by Gasteiger charge is -2.42. The molecule has 1 amide bonds. The first-order valence-corrected chi connectivity index (χ1v) is 10.7. The molecule has 0 radical (unpaired) electrons. The molecule has 170 valence electrons. The predicted octanol–water partition coefficient (Wildman–Crippen LogP) is 3.94. The Bertz CT molecular complexity index is 816. The number of carbonyl (C=O) groups is 1. The van der Waals surface area contributed by atoms with Gasteiger partial charge in [-0.25, -0.2) is 4.98 Å². The molecule has 1 aromatic carbocycles. The number of rotatable bonds is 1. The Labute approximate surface area is 197 Å². The van der Waals surface area contributed by atoms with Gasteiger partial charge in [-0.15, -0.1) is 24.8 Å². The van der Waals surface area contributed by atoms with E-state index in [2.05, 4.69) is 27.4 Å². The fourth-order valence-electron chi connectivity index (χ4n) is 4.61. The van der Waals surface area contributed by atoms with Crippen molar-refractivity contribution in [2.24, 2.45) is 5.41 Å². The number of hydrogen-bond donors (Lipinski definition) is 1. The molecule has 8 heteroatoms. The van der Waals surface area contributed by atoms with Gasteiger partial charge < -0.3 is 15.0 Å².